The standard InChI is InChI=1S/C12H11NO4S2.C7H8.C2H6/c14-11(15)8-13-19(16,17)12-7-6-10(18-12)9-4-2-1-3-5-9;1-7-5-3-2-4-6-7;1-2/h1-7,13H,8H2,(H,14,15);2-6H,1H3;1-2H3. The first-order valence-electron chi connectivity index (χ1n) is 8.77. The monoisotopic (exact) mass is 419 g/mol. The molecule has 1 aromatic heterocycles. The number of carbonyl (C=O) groups is 1. The molecule has 0 saturated heterocycles. The fraction of sp³-hybridized carbons (Fsp3) is 0.190. The topological polar surface area (TPSA) is 83.5 Å². The van der Waals surface area contributed by atoms with Crippen molar-refractivity contribution in [3.63, 3.8) is 0 Å². The van der Waals surface area contributed by atoms with Crippen molar-refractivity contribution in [1.82, 2.24) is 4.72 Å². The van der Waals surface area contributed by atoms with Gasteiger partial charge in [0.25, 0.3) is 10.0 Å². The van der Waals surface area contributed by atoms with Crippen LogP contribution >= 0.6 is 11.3 Å². The van der Waals surface area contributed by atoms with Crippen LogP contribution in [0.4, 0.5) is 0 Å². The van der Waals surface area contributed by atoms with E-state index >= 15 is 0 Å². The summed E-state index contributed by atoms with van der Waals surface area (Å²) in [5.41, 5.74) is 2.25. The summed E-state index contributed by atoms with van der Waals surface area (Å²) < 4.78 is 25.8. The quantitative estimate of drug-likeness (QED) is 0.622. The van der Waals surface area contributed by atoms with Gasteiger partial charge < -0.3 is 5.11 Å². The van der Waals surface area contributed by atoms with E-state index in [9.17, 15) is 13.2 Å². The van der Waals surface area contributed by atoms with Gasteiger partial charge in [0.05, 0.1) is 0 Å². The van der Waals surface area contributed by atoms with Crippen LogP contribution in [-0.4, -0.2) is 26.0 Å². The van der Waals surface area contributed by atoms with Crippen LogP contribution in [0.1, 0.15) is 19.4 Å². The van der Waals surface area contributed by atoms with E-state index in [1.807, 2.05) is 67.1 Å². The van der Waals surface area contributed by atoms with Crippen LogP contribution in [0, 0.1) is 6.92 Å². The molecular formula is C21H25NO4S2. The molecule has 150 valence electrons. The van der Waals surface area contributed by atoms with Crippen molar-refractivity contribution in [3.8, 4) is 10.4 Å². The molecule has 0 atom stereocenters. The third-order valence-electron chi connectivity index (χ3n) is 3.26. The van der Waals surface area contributed by atoms with Crippen molar-refractivity contribution in [2.75, 3.05) is 6.54 Å². The van der Waals surface area contributed by atoms with Crippen molar-refractivity contribution in [3.05, 3.63) is 78.4 Å². The Bertz CT molecular complexity index is 937. The molecule has 0 aliphatic carbocycles. The minimum Gasteiger partial charge on any atom is -0.480 e. The molecule has 0 radical (unpaired) electrons. The second-order valence-electron chi connectivity index (χ2n) is 5.36. The van der Waals surface area contributed by atoms with Gasteiger partial charge in [-0.3, -0.25) is 4.79 Å². The lowest BCUT2D eigenvalue weighted by Gasteiger charge is -2.00. The van der Waals surface area contributed by atoms with E-state index in [-0.39, 0.29) is 4.21 Å². The van der Waals surface area contributed by atoms with Crippen LogP contribution in [0.2, 0.25) is 0 Å². The number of rotatable bonds is 5. The van der Waals surface area contributed by atoms with Gasteiger partial charge in [-0.2, -0.15) is 4.72 Å². The van der Waals surface area contributed by atoms with Gasteiger partial charge >= 0.3 is 5.97 Å². The van der Waals surface area contributed by atoms with Crippen molar-refractivity contribution in [2.45, 2.75) is 25.0 Å². The van der Waals surface area contributed by atoms with Gasteiger partial charge in [-0.25, -0.2) is 8.42 Å². The molecule has 0 unspecified atom stereocenters. The highest BCUT2D eigenvalue weighted by Gasteiger charge is 2.18. The van der Waals surface area contributed by atoms with Crippen LogP contribution in [0.25, 0.3) is 10.4 Å². The molecule has 0 amide bonds. The molecule has 5 nitrogen and oxygen atoms in total. The number of thiophene rings is 1. The first-order valence-corrected chi connectivity index (χ1v) is 11.1. The maximum Gasteiger partial charge on any atom is 0.318 e. The molecule has 0 aliphatic heterocycles. The van der Waals surface area contributed by atoms with Crippen LogP contribution in [0.3, 0.4) is 0 Å². The number of nitrogens with one attached hydrogen (secondary N) is 1. The van der Waals surface area contributed by atoms with Gasteiger partial charge in [-0.15, -0.1) is 11.3 Å². The van der Waals surface area contributed by atoms with Gasteiger partial charge in [0, 0.05) is 4.88 Å². The molecule has 2 N–H and O–H groups in total. The third kappa shape index (κ3) is 8.04. The van der Waals surface area contributed by atoms with E-state index in [1.165, 1.54) is 11.6 Å². The zero-order valence-electron chi connectivity index (χ0n) is 16.1. The molecule has 0 bridgehead atoms. The number of sulfonamides is 1. The lowest BCUT2D eigenvalue weighted by atomic mass is 10.2. The number of hydrogen-bond donors (Lipinski definition) is 2. The first kappa shape index (κ1) is 23.6. The number of aliphatic carboxylic acids is 1. The highest BCUT2D eigenvalue weighted by molar-refractivity contribution is 7.91. The summed E-state index contributed by atoms with van der Waals surface area (Å²) in [5, 5.41) is 8.48. The molecule has 1 heterocycles. The normalized spacial score (nSPS) is 10.1. The highest BCUT2D eigenvalue weighted by atomic mass is 32.2. The van der Waals surface area contributed by atoms with Gasteiger partial charge in [-0.05, 0) is 24.6 Å². The summed E-state index contributed by atoms with van der Waals surface area (Å²) in [6.07, 6.45) is 0. The number of hydrogen-bond acceptors (Lipinski definition) is 4. The minimum absolute atomic E-state index is 0.104. The Morgan fingerprint density at radius 3 is 1.93 bits per heavy atom. The summed E-state index contributed by atoms with van der Waals surface area (Å²) >= 11 is 1.10. The molecule has 3 rings (SSSR count). The molecule has 2 aromatic carbocycles. The van der Waals surface area contributed by atoms with Crippen LogP contribution in [0.5, 0.6) is 0 Å². The smallest absolute Gasteiger partial charge is 0.318 e. The van der Waals surface area contributed by atoms with Gasteiger partial charge in [0.1, 0.15) is 10.8 Å². The zero-order valence-corrected chi connectivity index (χ0v) is 17.8. The molecule has 0 spiro atoms. The second kappa shape index (κ2) is 12.1. The molecule has 0 saturated carbocycles. The zero-order chi connectivity index (χ0) is 21.0. The Labute approximate surface area is 170 Å². The summed E-state index contributed by atoms with van der Waals surface area (Å²) in [7, 11) is -3.75. The lowest BCUT2D eigenvalue weighted by molar-refractivity contribution is -0.135. The van der Waals surface area contributed by atoms with Crippen molar-refractivity contribution >= 4 is 27.3 Å². The van der Waals surface area contributed by atoms with Crippen LogP contribution < -0.4 is 4.72 Å². The maximum atomic E-state index is 11.8. The Hall–Kier alpha value is -2.48. The number of benzene rings is 2. The summed E-state index contributed by atoms with van der Waals surface area (Å²) in [5.74, 6) is -1.22. The first-order chi connectivity index (χ1) is 13.4. The molecule has 0 fully saturated rings. The number of carboxylic acids is 1. The van der Waals surface area contributed by atoms with Crippen molar-refractivity contribution in [1.29, 1.82) is 0 Å². The molecule has 3 aromatic rings. The average molecular weight is 420 g/mol. The van der Waals surface area contributed by atoms with E-state index < -0.39 is 22.5 Å². The van der Waals surface area contributed by atoms with Gasteiger partial charge in [0.15, 0.2) is 0 Å². The van der Waals surface area contributed by atoms with Gasteiger partial charge in [0.2, 0.25) is 0 Å². The SMILES string of the molecule is CC.Cc1ccccc1.O=C(O)CNS(=O)(=O)c1ccc(-c2ccccc2)s1. The summed E-state index contributed by atoms with van der Waals surface area (Å²) in [6, 6.07) is 22.8. The predicted molar refractivity (Wildman–Crippen MR) is 115 cm³/mol. The lowest BCUT2D eigenvalue weighted by Crippen LogP contribution is -2.28. The average Bonchev–Trinajstić information content (AvgIpc) is 3.21. The third-order valence-corrected chi connectivity index (χ3v) is 6.29. The van der Waals surface area contributed by atoms with Gasteiger partial charge in [-0.1, -0.05) is 80.1 Å². The van der Waals surface area contributed by atoms with E-state index in [0.717, 1.165) is 21.8 Å². The highest BCUT2D eigenvalue weighted by Crippen LogP contribution is 2.30. The summed E-state index contributed by atoms with van der Waals surface area (Å²) in [6.45, 7) is 5.46. The van der Waals surface area contributed by atoms with Crippen LogP contribution in [0.15, 0.2) is 77.0 Å². The summed E-state index contributed by atoms with van der Waals surface area (Å²) in [4.78, 5) is 11.2. The molecule has 28 heavy (non-hydrogen) atoms. The fourth-order valence-electron chi connectivity index (χ4n) is 1.98. The second-order valence-corrected chi connectivity index (χ2v) is 8.44. The predicted octanol–water partition coefficient (Wildman–Crippen LogP) is 4.80. The van der Waals surface area contributed by atoms with Crippen molar-refractivity contribution < 1.29 is 18.3 Å². The van der Waals surface area contributed by atoms with E-state index in [2.05, 4.69) is 19.1 Å². The minimum atomic E-state index is -3.75. The van der Waals surface area contributed by atoms with E-state index in [1.54, 1.807) is 6.07 Å². The Balaban J connectivity index is 0.000000363. The fourth-order valence-corrected chi connectivity index (χ4v) is 4.32. The van der Waals surface area contributed by atoms with E-state index in [0.29, 0.717) is 0 Å². The molecule has 0 aliphatic rings. The molecule has 7 heteroatoms. The Morgan fingerprint density at radius 2 is 1.46 bits per heavy atom. The maximum absolute atomic E-state index is 11.8. The number of carboxylic acid groups (broad SMARTS) is 1. The van der Waals surface area contributed by atoms with Crippen molar-refractivity contribution in [2.24, 2.45) is 0 Å². The van der Waals surface area contributed by atoms with Crippen LogP contribution in [-0.2, 0) is 14.8 Å². The largest absolute Gasteiger partial charge is 0.480 e. The molecular weight excluding hydrogens is 394 g/mol. The Kier molecular flexibility index (Phi) is 10.2. The van der Waals surface area contributed by atoms with E-state index in [4.69, 9.17) is 5.11 Å². The Morgan fingerprint density at radius 1 is 0.929 bits per heavy atom. The number of aryl methyl sites for hydroxylation is 1.